The summed E-state index contributed by atoms with van der Waals surface area (Å²) < 4.78 is 1.64. The Kier molecular flexibility index (Phi) is 2.94. The monoisotopic (exact) mass is 227 g/mol. The van der Waals surface area contributed by atoms with Crippen molar-refractivity contribution in [3.05, 3.63) is 53.9 Å². The molecule has 2 rings (SSSR count). The Balaban J connectivity index is 2.30. The van der Waals surface area contributed by atoms with Gasteiger partial charge in [0.2, 0.25) is 0 Å². The normalized spacial score (nSPS) is 13.9. The van der Waals surface area contributed by atoms with Gasteiger partial charge in [-0.15, -0.1) is 0 Å². The van der Waals surface area contributed by atoms with Gasteiger partial charge < -0.3 is 5.11 Å². The maximum Gasteiger partial charge on any atom is 0.190 e. The van der Waals surface area contributed by atoms with Gasteiger partial charge in [0, 0.05) is 6.20 Å². The number of rotatable bonds is 3. The molecule has 1 unspecified atom stereocenters. The number of nitrogens with zero attached hydrogens (tertiary/aromatic N) is 3. The lowest BCUT2D eigenvalue weighted by Crippen LogP contribution is -2.23. The van der Waals surface area contributed by atoms with E-state index in [1.54, 1.807) is 16.9 Å². The van der Waals surface area contributed by atoms with Gasteiger partial charge in [0.1, 0.15) is 6.07 Å². The van der Waals surface area contributed by atoms with E-state index in [4.69, 9.17) is 5.26 Å². The lowest BCUT2D eigenvalue weighted by molar-refractivity contribution is 0.109. The highest BCUT2D eigenvalue weighted by molar-refractivity contribution is 5.22. The molecular weight excluding hydrogens is 214 g/mol. The van der Waals surface area contributed by atoms with Crippen molar-refractivity contribution in [3.63, 3.8) is 0 Å². The molecule has 2 aromatic rings. The zero-order valence-corrected chi connectivity index (χ0v) is 9.54. The molecule has 4 heteroatoms. The molecular formula is C13H13N3O. The fraction of sp³-hybridized carbons (Fsp3) is 0.231. The van der Waals surface area contributed by atoms with Crippen LogP contribution in [0.3, 0.4) is 0 Å². The largest absolute Gasteiger partial charge is 0.370 e. The second kappa shape index (κ2) is 4.40. The van der Waals surface area contributed by atoms with Crippen molar-refractivity contribution in [2.24, 2.45) is 0 Å². The molecule has 0 aliphatic heterocycles. The average Bonchev–Trinajstić information content (AvgIpc) is 2.79. The van der Waals surface area contributed by atoms with Crippen molar-refractivity contribution in [2.45, 2.75) is 19.1 Å². The van der Waals surface area contributed by atoms with Gasteiger partial charge in [-0.2, -0.15) is 10.4 Å². The third kappa shape index (κ3) is 2.35. The SMILES string of the molecule is CC(O)(C#N)c1ccnn1Cc1ccccc1. The van der Waals surface area contributed by atoms with Crippen molar-refractivity contribution < 1.29 is 5.11 Å². The number of aromatic nitrogens is 2. The van der Waals surface area contributed by atoms with E-state index >= 15 is 0 Å². The smallest absolute Gasteiger partial charge is 0.190 e. The van der Waals surface area contributed by atoms with Crippen LogP contribution in [0, 0.1) is 11.3 Å². The molecule has 17 heavy (non-hydrogen) atoms. The van der Waals surface area contributed by atoms with Crippen LogP contribution >= 0.6 is 0 Å². The maximum atomic E-state index is 9.92. The van der Waals surface area contributed by atoms with Crippen LogP contribution in [0.5, 0.6) is 0 Å². The minimum Gasteiger partial charge on any atom is -0.370 e. The van der Waals surface area contributed by atoms with E-state index in [2.05, 4.69) is 5.10 Å². The summed E-state index contributed by atoms with van der Waals surface area (Å²) in [6.07, 6.45) is 1.59. The van der Waals surface area contributed by atoms with Crippen LogP contribution in [0.15, 0.2) is 42.6 Å². The van der Waals surface area contributed by atoms with Crippen molar-refractivity contribution >= 4 is 0 Å². The van der Waals surface area contributed by atoms with Gasteiger partial charge in [-0.1, -0.05) is 30.3 Å². The predicted molar refractivity (Wildman–Crippen MR) is 63.0 cm³/mol. The number of hydrogen-bond donors (Lipinski definition) is 1. The standard InChI is InChI=1S/C13H13N3O/c1-13(17,10-14)12-7-8-15-16(12)9-11-5-3-2-4-6-11/h2-8,17H,9H2,1H3. The van der Waals surface area contributed by atoms with E-state index in [9.17, 15) is 5.11 Å². The summed E-state index contributed by atoms with van der Waals surface area (Å²) in [6.45, 7) is 2.01. The van der Waals surface area contributed by atoms with Crippen LogP contribution < -0.4 is 0 Å². The lowest BCUT2D eigenvalue weighted by Gasteiger charge is -2.16. The molecule has 1 N–H and O–H groups in total. The molecule has 0 spiro atoms. The van der Waals surface area contributed by atoms with Gasteiger partial charge in [0.25, 0.3) is 0 Å². The number of aliphatic hydroxyl groups is 1. The molecule has 1 heterocycles. The van der Waals surface area contributed by atoms with Crippen LogP contribution in [-0.4, -0.2) is 14.9 Å². The topological polar surface area (TPSA) is 61.8 Å². The summed E-state index contributed by atoms with van der Waals surface area (Å²) in [5.41, 5.74) is 0.0701. The Bertz CT molecular complexity index is 537. The third-order valence-electron chi connectivity index (χ3n) is 2.61. The maximum absolute atomic E-state index is 9.92. The van der Waals surface area contributed by atoms with Gasteiger partial charge >= 0.3 is 0 Å². The summed E-state index contributed by atoms with van der Waals surface area (Å²) in [7, 11) is 0. The Morgan fingerprint density at radius 3 is 2.71 bits per heavy atom. The summed E-state index contributed by atoms with van der Waals surface area (Å²) >= 11 is 0. The number of benzene rings is 1. The summed E-state index contributed by atoms with van der Waals surface area (Å²) in [5, 5.41) is 23.0. The summed E-state index contributed by atoms with van der Waals surface area (Å²) in [5.74, 6) is 0. The van der Waals surface area contributed by atoms with Crippen LogP contribution in [0.4, 0.5) is 0 Å². The quantitative estimate of drug-likeness (QED) is 0.811. The number of nitriles is 1. The second-order valence-corrected chi connectivity index (χ2v) is 4.04. The van der Waals surface area contributed by atoms with Gasteiger partial charge in [0.15, 0.2) is 5.60 Å². The lowest BCUT2D eigenvalue weighted by atomic mass is 10.0. The van der Waals surface area contributed by atoms with Crippen LogP contribution in [0.25, 0.3) is 0 Å². The third-order valence-corrected chi connectivity index (χ3v) is 2.61. The minimum atomic E-state index is -1.51. The van der Waals surface area contributed by atoms with E-state index in [0.29, 0.717) is 12.2 Å². The predicted octanol–water partition coefficient (Wildman–Crippen LogP) is 1.66. The zero-order chi connectivity index (χ0) is 12.3. The molecule has 0 radical (unpaired) electrons. The summed E-state index contributed by atoms with van der Waals surface area (Å²) in [6, 6.07) is 13.3. The van der Waals surface area contributed by atoms with E-state index < -0.39 is 5.60 Å². The second-order valence-electron chi connectivity index (χ2n) is 4.04. The number of hydrogen-bond acceptors (Lipinski definition) is 3. The molecule has 0 saturated heterocycles. The van der Waals surface area contributed by atoms with Crippen molar-refractivity contribution in [1.82, 2.24) is 9.78 Å². The first kappa shape index (κ1) is 11.4. The molecule has 0 amide bonds. The van der Waals surface area contributed by atoms with E-state index in [-0.39, 0.29) is 0 Å². The Morgan fingerprint density at radius 2 is 2.06 bits per heavy atom. The molecule has 0 aliphatic carbocycles. The first-order chi connectivity index (χ1) is 8.13. The Hall–Kier alpha value is -2.12. The average molecular weight is 227 g/mol. The van der Waals surface area contributed by atoms with Crippen LogP contribution in [0.2, 0.25) is 0 Å². The van der Waals surface area contributed by atoms with Gasteiger partial charge in [-0.05, 0) is 18.6 Å². The van der Waals surface area contributed by atoms with Gasteiger partial charge in [-0.25, -0.2) is 0 Å². The molecule has 4 nitrogen and oxygen atoms in total. The van der Waals surface area contributed by atoms with Gasteiger partial charge in [-0.3, -0.25) is 4.68 Å². The molecule has 0 bridgehead atoms. The Morgan fingerprint density at radius 1 is 1.35 bits per heavy atom. The summed E-state index contributed by atoms with van der Waals surface area (Å²) in [4.78, 5) is 0. The minimum absolute atomic E-state index is 0.504. The molecule has 0 aliphatic rings. The highest BCUT2D eigenvalue weighted by atomic mass is 16.3. The van der Waals surface area contributed by atoms with Crippen molar-refractivity contribution in [1.29, 1.82) is 5.26 Å². The molecule has 86 valence electrons. The molecule has 1 atom stereocenters. The van der Waals surface area contributed by atoms with E-state index in [1.807, 2.05) is 36.4 Å². The van der Waals surface area contributed by atoms with E-state index in [0.717, 1.165) is 5.56 Å². The fourth-order valence-electron chi connectivity index (χ4n) is 1.69. The highest BCUT2D eigenvalue weighted by Gasteiger charge is 2.26. The van der Waals surface area contributed by atoms with Crippen molar-refractivity contribution in [2.75, 3.05) is 0 Å². The van der Waals surface area contributed by atoms with Crippen molar-refractivity contribution in [3.8, 4) is 6.07 Å². The first-order valence-corrected chi connectivity index (χ1v) is 5.33. The molecule has 0 saturated carbocycles. The molecule has 0 fully saturated rings. The molecule has 1 aromatic carbocycles. The molecule has 1 aromatic heterocycles. The fourth-order valence-corrected chi connectivity index (χ4v) is 1.69. The van der Waals surface area contributed by atoms with Crippen LogP contribution in [0.1, 0.15) is 18.2 Å². The zero-order valence-electron chi connectivity index (χ0n) is 9.54. The van der Waals surface area contributed by atoms with Crippen LogP contribution in [-0.2, 0) is 12.1 Å². The van der Waals surface area contributed by atoms with E-state index in [1.165, 1.54) is 6.92 Å². The highest BCUT2D eigenvalue weighted by Crippen LogP contribution is 2.19. The first-order valence-electron chi connectivity index (χ1n) is 5.33. The van der Waals surface area contributed by atoms with Gasteiger partial charge in [0.05, 0.1) is 12.2 Å². The Labute approximate surface area is 99.7 Å².